The van der Waals surface area contributed by atoms with Gasteiger partial charge in [0.2, 0.25) is 0 Å². The first-order valence-corrected chi connectivity index (χ1v) is 7.19. The van der Waals surface area contributed by atoms with Gasteiger partial charge >= 0.3 is 6.03 Å². The van der Waals surface area contributed by atoms with Crippen LogP contribution in [0.2, 0.25) is 0 Å². The highest BCUT2D eigenvalue weighted by Crippen LogP contribution is 2.28. The van der Waals surface area contributed by atoms with E-state index in [0.717, 1.165) is 23.5 Å². The first-order chi connectivity index (χ1) is 10.7. The molecule has 2 aromatic carbocycles. The number of hydrogen-bond donors (Lipinski definition) is 2. The van der Waals surface area contributed by atoms with E-state index in [1.165, 1.54) is 30.2 Å². The lowest BCUT2D eigenvalue weighted by Crippen LogP contribution is -2.24. The van der Waals surface area contributed by atoms with Crippen LogP contribution in [0.3, 0.4) is 0 Å². The molecule has 5 nitrogen and oxygen atoms in total. The van der Waals surface area contributed by atoms with Crippen LogP contribution in [0, 0.1) is 0 Å². The van der Waals surface area contributed by atoms with Crippen LogP contribution in [0.15, 0.2) is 47.6 Å². The van der Waals surface area contributed by atoms with Crippen LogP contribution in [0.1, 0.15) is 23.1 Å². The minimum Gasteiger partial charge on any atom is -0.457 e. The van der Waals surface area contributed by atoms with Gasteiger partial charge in [-0.25, -0.2) is 10.2 Å². The molecular weight excluding hydrogens is 278 g/mol. The van der Waals surface area contributed by atoms with Crippen molar-refractivity contribution in [3.63, 3.8) is 0 Å². The number of hydrazone groups is 1. The van der Waals surface area contributed by atoms with Crippen LogP contribution in [-0.4, -0.2) is 12.2 Å². The van der Waals surface area contributed by atoms with Crippen molar-refractivity contribution in [2.75, 3.05) is 0 Å². The third-order valence-electron chi connectivity index (χ3n) is 3.57. The first kappa shape index (κ1) is 14.1. The van der Waals surface area contributed by atoms with E-state index in [-0.39, 0.29) is 0 Å². The van der Waals surface area contributed by atoms with Crippen molar-refractivity contribution < 1.29 is 9.53 Å². The van der Waals surface area contributed by atoms with Crippen molar-refractivity contribution in [2.24, 2.45) is 10.8 Å². The third-order valence-corrected chi connectivity index (χ3v) is 3.57. The summed E-state index contributed by atoms with van der Waals surface area (Å²) in [6.45, 7) is 0. The lowest BCUT2D eigenvalue weighted by Gasteiger charge is -2.08. The zero-order chi connectivity index (χ0) is 15.4. The lowest BCUT2D eigenvalue weighted by atomic mass is 10.1. The highest BCUT2D eigenvalue weighted by Gasteiger charge is 2.11. The molecule has 0 fully saturated rings. The third kappa shape index (κ3) is 3.44. The van der Waals surface area contributed by atoms with E-state index in [2.05, 4.69) is 22.7 Å². The van der Waals surface area contributed by atoms with Crippen molar-refractivity contribution >= 4 is 12.2 Å². The molecule has 2 amide bonds. The minimum absolute atomic E-state index is 0.687. The van der Waals surface area contributed by atoms with Crippen molar-refractivity contribution in [1.29, 1.82) is 0 Å². The topological polar surface area (TPSA) is 76.7 Å². The summed E-state index contributed by atoms with van der Waals surface area (Å²) in [5.41, 5.74) is 10.7. The molecular formula is C17H17N3O2. The fraction of sp³-hybridized carbons (Fsp3) is 0.176. The summed E-state index contributed by atoms with van der Waals surface area (Å²) < 4.78 is 5.87. The van der Waals surface area contributed by atoms with E-state index in [1.807, 2.05) is 30.3 Å². The van der Waals surface area contributed by atoms with Gasteiger partial charge in [-0.1, -0.05) is 6.07 Å². The number of rotatable bonds is 4. The van der Waals surface area contributed by atoms with Gasteiger partial charge < -0.3 is 10.5 Å². The molecule has 0 atom stereocenters. The molecule has 0 aromatic heterocycles. The number of hydrogen-bond acceptors (Lipinski definition) is 3. The zero-order valence-electron chi connectivity index (χ0n) is 12.1. The largest absolute Gasteiger partial charge is 0.457 e. The molecule has 0 spiro atoms. The molecule has 0 radical (unpaired) electrons. The number of ether oxygens (including phenoxy) is 1. The van der Waals surface area contributed by atoms with Gasteiger partial charge in [-0.2, -0.15) is 5.10 Å². The number of amides is 2. The normalized spacial score (nSPS) is 13.1. The van der Waals surface area contributed by atoms with Crippen molar-refractivity contribution in [1.82, 2.24) is 5.43 Å². The Hall–Kier alpha value is -2.82. The summed E-state index contributed by atoms with van der Waals surface area (Å²) in [5, 5.41) is 3.70. The molecule has 1 aliphatic rings. The van der Waals surface area contributed by atoms with Gasteiger partial charge in [0.1, 0.15) is 11.5 Å². The molecule has 1 aliphatic carbocycles. The molecule has 0 unspecified atom stereocenters. The van der Waals surface area contributed by atoms with Crippen molar-refractivity contribution in [2.45, 2.75) is 19.3 Å². The summed E-state index contributed by atoms with van der Waals surface area (Å²) in [4.78, 5) is 10.5. The van der Waals surface area contributed by atoms with Gasteiger partial charge in [-0.05, 0) is 72.4 Å². The van der Waals surface area contributed by atoms with Crippen LogP contribution in [0.25, 0.3) is 0 Å². The number of nitrogens with two attached hydrogens (primary N) is 1. The van der Waals surface area contributed by atoms with Crippen LogP contribution in [-0.2, 0) is 12.8 Å². The number of fused-ring (bicyclic) bond motifs is 1. The van der Waals surface area contributed by atoms with Crippen LogP contribution in [0.5, 0.6) is 11.5 Å². The van der Waals surface area contributed by atoms with Crippen LogP contribution < -0.4 is 15.9 Å². The predicted molar refractivity (Wildman–Crippen MR) is 85.3 cm³/mol. The Labute approximate surface area is 128 Å². The summed E-state index contributed by atoms with van der Waals surface area (Å²) in [6, 6.07) is 13.0. The maximum atomic E-state index is 10.5. The monoisotopic (exact) mass is 295 g/mol. The minimum atomic E-state index is -0.687. The van der Waals surface area contributed by atoms with E-state index in [9.17, 15) is 4.79 Å². The van der Waals surface area contributed by atoms with E-state index in [4.69, 9.17) is 10.5 Å². The van der Waals surface area contributed by atoms with Gasteiger partial charge in [0.15, 0.2) is 0 Å². The molecule has 5 heteroatoms. The number of nitrogens with one attached hydrogen (secondary N) is 1. The summed E-state index contributed by atoms with van der Waals surface area (Å²) >= 11 is 0. The number of benzene rings is 2. The maximum Gasteiger partial charge on any atom is 0.332 e. The number of carbonyl (C=O) groups excluding carboxylic acids is 1. The Kier molecular flexibility index (Phi) is 4.05. The van der Waals surface area contributed by atoms with Crippen molar-refractivity contribution in [3.8, 4) is 11.5 Å². The first-order valence-electron chi connectivity index (χ1n) is 7.19. The molecule has 112 valence electrons. The number of nitrogens with zero attached hydrogens (tertiary/aromatic N) is 1. The molecule has 0 bridgehead atoms. The average molecular weight is 295 g/mol. The Morgan fingerprint density at radius 1 is 1.09 bits per heavy atom. The maximum absolute atomic E-state index is 10.5. The molecule has 3 N–H and O–H groups in total. The summed E-state index contributed by atoms with van der Waals surface area (Å²) in [6.07, 6.45) is 5.05. The standard InChI is InChI=1S/C17H17N3O2/c18-17(21)20-19-11-12-4-7-15(8-5-12)22-16-9-6-13-2-1-3-14(13)10-16/h4-11H,1-3H2,(H3,18,20,21)/b19-11+. The Morgan fingerprint density at radius 2 is 1.82 bits per heavy atom. The SMILES string of the molecule is NC(=O)N/N=C/c1ccc(Oc2ccc3c(c2)CCC3)cc1. The van der Waals surface area contributed by atoms with Crippen LogP contribution in [0.4, 0.5) is 4.79 Å². The van der Waals surface area contributed by atoms with E-state index in [1.54, 1.807) is 0 Å². The molecule has 2 aromatic rings. The van der Waals surface area contributed by atoms with Gasteiger partial charge in [0.05, 0.1) is 6.21 Å². The Morgan fingerprint density at radius 3 is 2.59 bits per heavy atom. The Balaban J connectivity index is 1.66. The molecule has 0 heterocycles. The molecule has 0 saturated carbocycles. The number of carbonyl (C=O) groups is 1. The molecule has 0 aliphatic heterocycles. The highest BCUT2D eigenvalue weighted by atomic mass is 16.5. The van der Waals surface area contributed by atoms with Crippen LogP contribution >= 0.6 is 0 Å². The van der Waals surface area contributed by atoms with E-state index in [0.29, 0.717) is 0 Å². The fourth-order valence-electron chi connectivity index (χ4n) is 2.54. The number of urea groups is 1. The second kappa shape index (κ2) is 6.30. The molecule has 22 heavy (non-hydrogen) atoms. The summed E-state index contributed by atoms with van der Waals surface area (Å²) in [5.74, 6) is 1.62. The van der Waals surface area contributed by atoms with Gasteiger partial charge in [0.25, 0.3) is 0 Å². The lowest BCUT2D eigenvalue weighted by molar-refractivity contribution is 0.249. The fourth-order valence-corrected chi connectivity index (χ4v) is 2.54. The van der Waals surface area contributed by atoms with Crippen molar-refractivity contribution in [3.05, 3.63) is 59.2 Å². The summed E-state index contributed by atoms with van der Waals surface area (Å²) in [7, 11) is 0. The van der Waals surface area contributed by atoms with E-state index >= 15 is 0 Å². The van der Waals surface area contributed by atoms with Gasteiger partial charge in [-0.3, -0.25) is 0 Å². The number of aryl methyl sites for hydroxylation is 2. The smallest absolute Gasteiger partial charge is 0.332 e. The zero-order valence-corrected chi connectivity index (χ0v) is 12.1. The van der Waals surface area contributed by atoms with Gasteiger partial charge in [-0.15, -0.1) is 0 Å². The second-order valence-corrected chi connectivity index (χ2v) is 5.19. The average Bonchev–Trinajstić information content (AvgIpc) is 2.96. The van der Waals surface area contributed by atoms with Gasteiger partial charge in [0, 0.05) is 0 Å². The quantitative estimate of drug-likeness (QED) is 0.672. The molecule has 0 saturated heterocycles. The molecule has 3 rings (SSSR count). The Bertz CT molecular complexity index is 708. The highest BCUT2D eigenvalue weighted by molar-refractivity contribution is 5.81. The van der Waals surface area contributed by atoms with E-state index < -0.39 is 6.03 Å². The second-order valence-electron chi connectivity index (χ2n) is 5.19. The predicted octanol–water partition coefficient (Wildman–Crippen LogP) is 2.97. The number of primary amides is 1.